The summed E-state index contributed by atoms with van der Waals surface area (Å²) in [6, 6.07) is 0. The van der Waals surface area contributed by atoms with E-state index in [0.717, 1.165) is 0 Å². The molecule has 5 heteroatoms. The van der Waals surface area contributed by atoms with Gasteiger partial charge in [0.1, 0.15) is 0 Å². The van der Waals surface area contributed by atoms with Gasteiger partial charge in [0.05, 0.1) is 14.7 Å². The van der Waals surface area contributed by atoms with Crippen molar-refractivity contribution in [2.45, 2.75) is 45.2 Å². The number of hydrogen-bond acceptors (Lipinski definition) is 4. The molecule has 0 radical (unpaired) electrons. The van der Waals surface area contributed by atoms with Crippen molar-refractivity contribution in [1.82, 2.24) is 0 Å². The van der Waals surface area contributed by atoms with E-state index in [1.807, 2.05) is 6.08 Å². The van der Waals surface area contributed by atoms with Crippen LogP contribution in [-0.4, -0.2) is 33.7 Å². The third kappa shape index (κ3) is 4.16. The molecule has 1 atom stereocenters. The Morgan fingerprint density at radius 2 is 2.12 bits per heavy atom. The third-order valence-electron chi connectivity index (χ3n) is 3.41. The second-order valence-corrected chi connectivity index (χ2v) is 11.1. The zero-order valence-electron chi connectivity index (χ0n) is 11.3. The van der Waals surface area contributed by atoms with E-state index in [2.05, 4.69) is 44.3 Å². The van der Waals surface area contributed by atoms with Crippen LogP contribution in [0.3, 0.4) is 0 Å². The van der Waals surface area contributed by atoms with Crippen LogP contribution in [-0.2, 0) is 14.2 Å². The van der Waals surface area contributed by atoms with E-state index in [1.54, 1.807) is 0 Å². The molecule has 1 unspecified atom stereocenters. The van der Waals surface area contributed by atoms with Crippen LogP contribution >= 0.6 is 0 Å². The van der Waals surface area contributed by atoms with E-state index in [9.17, 15) is 4.79 Å². The maximum atomic E-state index is 10.6. The summed E-state index contributed by atoms with van der Waals surface area (Å²) in [6.07, 6.45) is 0.818. The molecule has 0 saturated carbocycles. The van der Waals surface area contributed by atoms with E-state index in [-0.39, 0.29) is 6.61 Å². The molecule has 1 fully saturated rings. The SMILES string of the molecule is CC(C)(C)[Si](C)(C)/C=C/COC1COC(=O)O1. The fraction of sp³-hybridized carbons (Fsp3) is 0.750. The van der Waals surface area contributed by atoms with Crippen LogP contribution in [0.15, 0.2) is 11.8 Å². The summed E-state index contributed by atoms with van der Waals surface area (Å²) in [5.74, 6) is 0. The largest absolute Gasteiger partial charge is 0.510 e. The average molecular weight is 258 g/mol. The van der Waals surface area contributed by atoms with Crippen molar-refractivity contribution in [3.8, 4) is 0 Å². The molecule has 0 aromatic carbocycles. The molecule has 0 spiro atoms. The van der Waals surface area contributed by atoms with E-state index < -0.39 is 20.5 Å². The van der Waals surface area contributed by atoms with Gasteiger partial charge in [0, 0.05) is 0 Å². The molecule has 0 aromatic rings. The van der Waals surface area contributed by atoms with Gasteiger partial charge in [-0.15, -0.1) is 0 Å². The molecule has 0 bridgehead atoms. The highest BCUT2D eigenvalue weighted by atomic mass is 28.3. The highest BCUT2D eigenvalue weighted by Gasteiger charge is 2.32. The molecule has 0 aromatic heterocycles. The van der Waals surface area contributed by atoms with Crippen molar-refractivity contribution in [2.75, 3.05) is 13.2 Å². The summed E-state index contributed by atoms with van der Waals surface area (Å²) in [7, 11) is -1.39. The summed E-state index contributed by atoms with van der Waals surface area (Å²) in [5, 5.41) is 0.326. The van der Waals surface area contributed by atoms with Crippen LogP contribution in [0.2, 0.25) is 18.1 Å². The molecule has 1 saturated heterocycles. The van der Waals surface area contributed by atoms with Crippen molar-refractivity contribution < 1.29 is 19.0 Å². The first-order valence-electron chi connectivity index (χ1n) is 5.85. The molecule has 1 rings (SSSR count). The highest BCUT2D eigenvalue weighted by Crippen LogP contribution is 2.36. The minimum Gasteiger partial charge on any atom is -0.428 e. The summed E-state index contributed by atoms with van der Waals surface area (Å²) >= 11 is 0. The number of cyclic esters (lactones) is 2. The quantitative estimate of drug-likeness (QED) is 0.574. The second kappa shape index (κ2) is 5.22. The van der Waals surface area contributed by atoms with Crippen LogP contribution in [0.1, 0.15) is 20.8 Å². The van der Waals surface area contributed by atoms with Gasteiger partial charge in [-0.05, 0) is 5.04 Å². The molecular formula is C12H22O4Si. The number of hydrogen-bond donors (Lipinski definition) is 0. The number of carbonyl (C=O) groups is 1. The molecular weight excluding hydrogens is 236 g/mol. The maximum absolute atomic E-state index is 10.6. The Bertz CT molecular complexity index is 304. The fourth-order valence-corrected chi connectivity index (χ4v) is 2.33. The molecule has 98 valence electrons. The summed E-state index contributed by atoms with van der Waals surface area (Å²) in [6.45, 7) is 12.1. The van der Waals surface area contributed by atoms with Crippen LogP contribution in [0, 0.1) is 0 Å². The van der Waals surface area contributed by atoms with Gasteiger partial charge >= 0.3 is 6.16 Å². The molecule has 17 heavy (non-hydrogen) atoms. The number of ether oxygens (including phenoxy) is 3. The third-order valence-corrected chi connectivity index (χ3v) is 8.35. The summed E-state index contributed by atoms with van der Waals surface area (Å²) in [5.41, 5.74) is 2.27. The van der Waals surface area contributed by atoms with E-state index in [0.29, 0.717) is 11.6 Å². The maximum Gasteiger partial charge on any atom is 0.510 e. The van der Waals surface area contributed by atoms with Gasteiger partial charge in [-0.3, -0.25) is 0 Å². The van der Waals surface area contributed by atoms with Crippen LogP contribution in [0.25, 0.3) is 0 Å². The minimum absolute atomic E-state index is 0.187. The summed E-state index contributed by atoms with van der Waals surface area (Å²) < 4.78 is 14.7. The molecule has 0 amide bonds. The second-order valence-electron chi connectivity index (χ2n) is 5.82. The standard InChI is InChI=1S/C12H22O4Si/c1-12(2,3)17(4,5)8-6-7-14-10-9-15-11(13)16-10/h6,8,10H,7,9H2,1-5H3/b8-6+. The first-order chi connectivity index (χ1) is 7.72. The van der Waals surface area contributed by atoms with Crippen LogP contribution in [0.5, 0.6) is 0 Å². The molecule has 1 heterocycles. The van der Waals surface area contributed by atoms with Gasteiger partial charge in [0.2, 0.25) is 6.29 Å². The molecule has 0 aliphatic carbocycles. The van der Waals surface area contributed by atoms with E-state index in [4.69, 9.17) is 9.47 Å². The smallest absolute Gasteiger partial charge is 0.428 e. The Kier molecular flexibility index (Phi) is 4.38. The lowest BCUT2D eigenvalue weighted by molar-refractivity contribution is -0.0660. The summed E-state index contributed by atoms with van der Waals surface area (Å²) in [4.78, 5) is 10.6. The predicted molar refractivity (Wildman–Crippen MR) is 68.5 cm³/mol. The van der Waals surface area contributed by atoms with Crippen LogP contribution in [0.4, 0.5) is 4.79 Å². The monoisotopic (exact) mass is 258 g/mol. The van der Waals surface area contributed by atoms with Crippen molar-refractivity contribution in [1.29, 1.82) is 0 Å². The minimum atomic E-state index is -1.39. The van der Waals surface area contributed by atoms with E-state index in [1.165, 1.54) is 0 Å². The Labute approximate surface area is 104 Å². The highest BCUT2D eigenvalue weighted by molar-refractivity contribution is 6.84. The molecule has 1 aliphatic heterocycles. The van der Waals surface area contributed by atoms with E-state index >= 15 is 0 Å². The lowest BCUT2D eigenvalue weighted by Gasteiger charge is -2.34. The van der Waals surface area contributed by atoms with Crippen molar-refractivity contribution in [3.05, 3.63) is 11.8 Å². The number of carbonyl (C=O) groups excluding carboxylic acids is 1. The topological polar surface area (TPSA) is 44.8 Å². The van der Waals surface area contributed by atoms with Gasteiger partial charge in [-0.1, -0.05) is 45.6 Å². The predicted octanol–water partition coefficient (Wildman–Crippen LogP) is 3.10. The first-order valence-corrected chi connectivity index (χ1v) is 8.93. The average Bonchev–Trinajstić information content (AvgIpc) is 2.57. The molecule has 0 N–H and O–H groups in total. The van der Waals surface area contributed by atoms with Crippen LogP contribution < -0.4 is 0 Å². The zero-order chi connectivity index (χ0) is 13.1. The lowest BCUT2D eigenvalue weighted by Crippen LogP contribution is -2.35. The zero-order valence-corrected chi connectivity index (χ0v) is 12.3. The fourth-order valence-electron chi connectivity index (χ4n) is 1.15. The van der Waals surface area contributed by atoms with Crippen molar-refractivity contribution in [3.63, 3.8) is 0 Å². The van der Waals surface area contributed by atoms with Gasteiger partial charge < -0.3 is 14.2 Å². The first kappa shape index (κ1) is 14.2. The molecule has 4 nitrogen and oxygen atoms in total. The van der Waals surface area contributed by atoms with Crippen molar-refractivity contribution >= 4 is 14.2 Å². The Hall–Kier alpha value is -0.813. The van der Waals surface area contributed by atoms with Gasteiger partial charge in [-0.25, -0.2) is 4.79 Å². The molecule has 1 aliphatic rings. The van der Waals surface area contributed by atoms with Gasteiger partial charge in [-0.2, -0.15) is 0 Å². The Morgan fingerprint density at radius 1 is 1.47 bits per heavy atom. The Morgan fingerprint density at radius 3 is 2.59 bits per heavy atom. The van der Waals surface area contributed by atoms with Gasteiger partial charge in [0.15, 0.2) is 6.61 Å². The van der Waals surface area contributed by atoms with Gasteiger partial charge in [0.25, 0.3) is 0 Å². The normalized spacial score (nSPS) is 21.7. The lowest BCUT2D eigenvalue weighted by atomic mass is 10.2. The van der Waals surface area contributed by atoms with Crippen molar-refractivity contribution in [2.24, 2.45) is 0 Å². The Balaban J connectivity index is 2.33. The number of rotatable bonds is 4.